The second-order valence-corrected chi connectivity index (χ2v) is 5.33. The van der Waals surface area contributed by atoms with Gasteiger partial charge in [-0.2, -0.15) is 5.10 Å². The van der Waals surface area contributed by atoms with E-state index in [0.717, 1.165) is 6.07 Å². The van der Waals surface area contributed by atoms with Gasteiger partial charge in [0.25, 0.3) is 5.69 Å². The quantitative estimate of drug-likeness (QED) is 0.573. The topological polar surface area (TPSA) is 104 Å². The van der Waals surface area contributed by atoms with Crippen LogP contribution in [0.2, 0.25) is 0 Å². The summed E-state index contributed by atoms with van der Waals surface area (Å²) >= 11 is 6.49. The summed E-state index contributed by atoms with van der Waals surface area (Å²) in [6.07, 6.45) is 0. The van der Waals surface area contributed by atoms with Crippen LogP contribution >= 0.6 is 31.9 Å². The summed E-state index contributed by atoms with van der Waals surface area (Å²) in [5.74, 6) is 0. The number of benzene rings is 1. The minimum absolute atomic E-state index is 0.157. The van der Waals surface area contributed by atoms with Crippen LogP contribution in [-0.2, 0) is 0 Å². The van der Waals surface area contributed by atoms with Crippen molar-refractivity contribution in [2.75, 3.05) is 0 Å². The fourth-order valence-electron chi connectivity index (χ4n) is 1.63. The highest BCUT2D eigenvalue weighted by atomic mass is 79.9. The molecule has 0 spiro atoms. The molecule has 1 aromatic carbocycles. The van der Waals surface area contributed by atoms with Crippen LogP contribution in [0.3, 0.4) is 0 Å². The third kappa shape index (κ3) is 2.43. The van der Waals surface area contributed by atoms with Gasteiger partial charge < -0.3 is 0 Å². The molecular weight excluding hydrogens is 400 g/mol. The molecule has 0 amide bonds. The van der Waals surface area contributed by atoms with Crippen molar-refractivity contribution < 1.29 is 9.85 Å². The number of nitro benzene ring substituents is 2. The van der Waals surface area contributed by atoms with Crippen molar-refractivity contribution in [3.63, 3.8) is 0 Å². The normalized spacial score (nSPS) is 10.6. The van der Waals surface area contributed by atoms with Gasteiger partial charge in [-0.05, 0) is 44.8 Å². The van der Waals surface area contributed by atoms with Crippen molar-refractivity contribution in [1.29, 1.82) is 0 Å². The van der Waals surface area contributed by atoms with Gasteiger partial charge in [0.1, 0.15) is 10.3 Å². The predicted octanol–water partition coefficient (Wildman–Crippen LogP) is 3.52. The molecule has 8 nitrogen and oxygen atoms in total. The minimum atomic E-state index is -0.682. The molecule has 0 N–H and O–H groups in total. The zero-order chi connectivity index (χ0) is 15.0. The SMILES string of the molecule is Cc1c(Br)c(Br)nn1-c1ccc([N+](=O)[O-])cc1[N+](=O)[O-]. The van der Waals surface area contributed by atoms with E-state index in [1.165, 1.54) is 16.8 Å². The maximum atomic E-state index is 11.1. The molecule has 20 heavy (non-hydrogen) atoms. The summed E-state index contributed by atoms with van der Waals surface area (Å²) < 4.78 is 2.49. The maximum absolute atomic E-state index is 11.1. The van der Waals surface area contributed by atoms with E-state index in [4.69, 9.17) is 0 Å². The first-order chi connectivity index (χ1) is 9.32. The van der Waals surface area contributed by atoms with Gasteiger partial charge in [0, 0.05) is 6.07 Å². The van der Waals surface area contributed by atoms with Gasteiger partial charge in [-0.15, -0.1) is 0 Å². The van der Waals surface area contributed by atoms with Crippen LogP contribution in [0.15, 0.2) is 27.3 Å². The fourth-order valence-corrected chi connectivity index (χ4v) is 2.33. The number of hydrogen-bond donors (Lipinski definition) is 0. The van der Waals surface area contributed by atoms with E-state index in [1.807, 2.05) is 0 Å². The highest BCUT2D eigenvalue weighted by molar-refractivity contribution is 9.13. The van der Waals surface area contributed by atoms with Gasteiger partial charge >= 0.3 is 5.69 Å². The average molecular weight is 406 g/mol. The van der Waals surface area contributed by atoms with E-state index < -0.39 is 9.85 Å². The van der Waals surface area contributed by atoms with Crippen LogP contribution in [0.4, 0.5) is 11.4 Å². The monoisotopic (exact) mass is 404 g/mol. The second-order valence-electron chi connectivity index (χ2n) is 3.79. The summed E-state index contributed by atoms with van der Waals surface area (Å²) in [4.78, 5) is 20.4. The molecule has 2 rings (SSSR count). The molecule has 0 unspecified atom stereocenters. The number of nitrogens with zero attached hydrogens (tertiary/aromatic N) is 4. The van der Waals surface area contributed by atoms with Gasteiger partial charge in [-0.3, -0.25) is 20.2 Å². The first kappa shape index (κ1) is 14.6. The molecule has 0 atom stereocenters. The molecule has 0 aliphatic carbocycles. The predicted molar refractivity (Wildman–Crippen MR) is 77.0 cm³/mol. The number of rotatable bonds is 3. The molecule has 104 valence electrons. The number of aromatic nitrogens is 2. The molecule has 1 heterocycles. The van der Waals surface area contributed by atoms with Crippen LogP contribution in [0.25, 0.3) is 5.69 Å². The molecule has 0 saturated carbocycles. The van der Waals surface area contributed by atoms with Crippen molar-refractivity contribution in [1.82, 2.24) is 9.78 Å². The molecule has 0 aliphatic rings. The zero-order valence-electron chi connectivity index (χ0n) is 9.91. The van der Waals surface area contributed by atoms with Crippen molar-refractivity contribution in [2.24, 2.45) is 0 Å². The van der Waals surface area contributed by atoms with Crippen LogP contribution in [0.1, 0.15) is 5.69 Å². The highest BCUT2D eigenvalue weighted by Crippen LogP contribution is 2.32. The summed E-state index contributed by atoms with van der Waals surface area (Å²) in [7, 11) is 0. The molecule has 1 aromatic heterocycles. The van der Waals surface area contributed by atoms with Crippen LogP contribution in [-0.4, -0.2) is 19.6 Å². The smallest absolute Gasteiger partial charge is 0.258 e. The van der Waals surface area contributed by atoms with Gasteiger partial charge in [0.05, 0.1) is 26.1 Å². The summed E-state index contributed by atoms with van der Waals surface area (Å²) in [6.45, 7) is 1.72. The van der Waals surface area contributed by atoms with Crippen LogP contribution < -0.4 is 0 Å². The molecule has 10 heteroatoms. The van der Waals surface area contributed by atoms with Gasteiger partial charge in [0.2, 0.25) is 0 Å². The Morgan fingerprint density at radius 3 is 2.30 bits per heavy atom. The van der Waals surface area contributed by atoms with E-state index in [2.05, 4.69) is 37.0 Å². The summed E-state index contributed by atoms with van der Waals surface area (Å²) in [5, 5.41) is 25.9. The Morgan fingerprint density at radius 2 is 1.85 bits per heavy atom. The maximum Gasteiger partial charge on any atom is 0.301 e. The van der Waals surface area contributed by atoms with Crippen LogP contribution in [0.5, 0.6) is 0 Å². The molecule has 0 bridgehead atoms. The van der Waals surface area contributed by atoms with Crippen molar-refractivity contribution in [2.45, 2.75) is 6.92 Å². The molecule has 0 saturated heterocycles. The van der Waals surface area contributed by atoms with Crippen molar-refractivity contribution in [3.05, 3.63) is 53.2 Å². The Hall–Kier alpha value is -1.81. The Morgan fingerprint density at radius 1 is 1.20 bits per heavy atom. The molecule has 2 aromatic rings. The molecule has 0 radical (unpaired) electrons. The fraction of sp³-hybridized carbons (Fsp3) is 0.100. The van der Waals surface area contributed by atoms with Gasteiger partial charge in [-0.25, -0.2) is 4.68 Å². The molecule has 0 aliphatic heterocycles. The lowest BCUT2D eigenvalue weighted by Crippen LogP contribution is -2.04. The highest BCUT2D eigenvalue weighted by Gasteiger charge is 2.23. The van der Waals surface area contributed by atoms with E-state index in [9.17, 15) is 20.2 Å². The third-order valence-electron chi connectivity index (χ3n) is 2.60. The average Bonchev–Trinajstić information content (AvgIpc) is 2.65. The van der Waals surface area contributed by atoms with E-state index >= 15 is 0 Å². The van der Waals surface area contributed by atoms with E-state index in [1.54, 1.807) is 6.92 Å². The van der Waals surface area contributed by atoms with Crippen molar-refractivity contribution >= 4 is 43.2 Å². The Balaban J connectivity index is 2.70. The number of non-ortho nitro benzene ring substituents is 1. The van der Waals surface area contributed by atoms with Crippen LogP contribution in [0, 0.1) is 27.2 Å². The van der Waals surface area contributed by atoms with Crippen molar-refractivity contribution in [3.8, 4) is 5.69 Å². The van der Waals surface area contributed by atoms with Gasteiger partial charge in [0.15, 0.2) is 0 Å². The number of halogens is 2. The zero-order valence-corrected chi connectivity index (χ0v) is 13.1. The van der Waals surface area contributed by atoms with E-state index in [-0.39, 0.29) is 17.1 Å². The number of hydrogen-bond acceptors (Lipinski definition) is 5. The molecular formula is C10H6Br2N4O4. The third-order valence-corrected chi connectivity index (χ3v) is 4.64. The second kappa shape index (κ2) is 5.29. The Labute approximate surface area is 129 Å². The lowest BCUT2D eigenvalue weighted by Gasteiger charge is -2.05. The summed E-state index contributed by atoms with van der Waals surface area (Å²) in [5.41, 5.74) is 0.0616. The Bertz CT molecular complexity index is 728. The first-order valence-electron chi connectivity index (χ1n) is 5.16. The van der Waals surface area contributed by atoms with Gasteiger partial charge in [-0.1, -0.05) is 0 Å². The number of nitro groups is 2. The largest absolute Gasteiger partial charge is 0.301 e. The van der Waals surface area contributed by atoms with E-state index in [0.29, 0.717) is 14.8 Å². The lowest BCUT2D eigenvalue weighted by atomic mass is 10.2. The Kier molecular flexibility index (Phi) is 3.86. The standard InChI is InChI=1S/C10H6Br2N4O4/c1-5-9(11)10(12)13-14(5)7-3-2-6(15(17)18)4-8(7)16(19)20/h2-4H,1H3. The molecule has 0 fully saturated rings. The lowest BCUT2D eigenvalue weighted by molar-refractivity contribution is -0.394. The first-order valence-corrected chi connectivity index (χ1v) is 6.75. The summed E-state index contributed by atoms with van der Waals surface area (Å²) in [6, 6.07) is 3.42. The minimum Gasteiger partial charge on any atom is -0.258 e.